The van der Waals surface area contributed by atoms with Gasteiger partial charge in [0.15, 0.2) is 11.6 Å². The third-order valence-corrected chi connectivity index (χ3v) is 5.17. The molecule has 1 aliphatic rings. The number of aromatic nitrogens is 1. The summed E-state index contributed by atoms with van der Waals surface area (Å²) in [7, 11) is 0. The Morgan fingerprint density at radius 3 is 2.68 bits per heavy atom. The maximum absolute atomic E-state index is 14.4. The molecule has 2 aromatic carbocycles. The highest BCUT2D eigenvalue weighted by atomic mass is 19.1. The van der Waals surface area contributed by atoms with Gasteiger partial charge in [-0.1, -0.05) is 36.4 Å². The number of benzene rings is 2. The largest absolute Gasteiger partial charge is 0.486 e. The average Bonchev–Trinajstić information content (AvgIpc) is 3.56. The summed E-state index contributed by atoms with van der Waals surface area (Å²) >= 11 is 0. The molecule has 0 aliphatic heterocycles. The fourth-order valence-corrected chi connectivity index (χ4v) is 3.48. The number of nitrogens with one attached hydrogen (secondary N) is 2. The molecule has 5 nitrogen and oxygen atoms in total. The molecule has 1 aromatic heterocycles. The summed E-state index contributed by atoms with van der Waals surface area (Å²) in [5.74, 6) is -1.57. The Morgan fingerprint density at radius 2 is 1.90 bits per heavy atom. The van der Waals surface area contributed by atoms with Crippen molar-refractivity contribution in [2.45, 2.75) is 31.5 Å². The highest BCUT2D eigenvalue weighted by molar-refractivity contribution is 5.78. The number of amides is 1. The fraction of sp³-hybridized carbons (Fsp3) is 0.250. The number of rotatable bonds is 9. The second-order valence-electron chi connectivity index (χ2n) is 7.51. The summed E-state index contributed by atoms with van der Waals surface area (Å²) < 4.78 is 34.0. The summed E-state index contributed by atoms with van der Waals surface area (Å²) in [5, 5.41) is 5.94. The van der Waals surface area contributed by atoms with E-state index in [4.69, 9.17) is 4.74 Å². The quantitative estimate of drug-likeness (QED) is 0.551. The van der Waals surface area contributed by atoms with Crippen LogP contribution in [0.2, 0.25) is 0 Å². The zero-order valence-electron chi connectivity index (χ0n) is 16.9. The molecule has 160 valence electrons. The molecule has 1 saturated carbocycles. The van der Waals surface area contributed by atoms with E-state index in [1.54, 1.807) is 6.20 Å². The van der Waals surface area contributed by atoms with Gasteiger partial charge in [0.2, 0.25) is 5.91 Å². The van der Waals surface area contributed by atoms with Crippen LogP contribution in [-0.2, 0) is 17.9 Å². The van der Waals surface area contributed by atoms with Crippen molar-refractivity contribution in [1.82, 2.24) is 15.6 Å². The van der Waals surface area contributed by atoms with Crippen molar-refractivity contribution in [1.29, 1.82) is 0 Å². The fourth-order valence-electron chi connectivity index (χ4n) is 3.48. The molecule has 0 saturated heterocycles. The maximum Gasteiger partial charge on any atom is 0.234 e. The van der Waals surface area contributed by atoms with E-state index >= 15 is 0 Å². The first-order valence-corrected chi connectivity index (χ1v) is 10.2. The predicted molar refractivity (Wildman–Crippen MR) is 112 cm³/mol. The van der Waals surface area contributed by atoms with Gasteiger partial charge in [0.05, 0.1) is 18.8 Å². The van der Waals surface area contributed by atoms with Crippen LogP contribution in [0.25, 0.3) is 0 Å². The van der Waals surface area contributed by atoms with Crippen LogP contribution < -0.4 is 15.4 Å². The van der Waals surface area contributed by atoms with Crippen molar-refractivity contribution in [3.05, 3.63) is 95.3 Å². The van der Waals surface area contributed by atoms with Crippen molar-refractivity contribution in [3.8, 4) is 5.75 Å². The molecular weight excluding hydrogens is 400 g/mol. The average molecular weight is 423 g/mol. The van der Waals surface area contributed by atoms with Crippen LogP contribution in [0.15, 0.2) is 66.9 Å². The lowest BCUT2D eigenvalue weighted by molar-refractivity contribution is -0.120. The first kappa shape index (κ1) is 20.9. The number of ether oxygens (including phenoxy) is 1. The number of halogens is 2. The van der Waals surface area contributed by atoms with E-state index in [-0.39, 0.29) is 36.8 Å². The molecule has 0 unspecified atom stereocenters. The minimum Gasteiger partial charge on any atom is -0.486 e. The molecule has 7 heteroatoms. The summed E-state index contributed by atoms with van der Waals surface area (Å²) in [6.45, 7) is 0.658. The lowest BCUT2D eigenvalue weighted by atomic mass is 10.1. The van der Waals surface area contributed by atoms with E-state index in [2.05, 4.69) is 15.6 Å². The Bertz CT molecular complexity index is 1030. The number of hydrogen-bond donors (Lipinski definition) is 2. The number of carbonyl (C=O) groups is 1. The first-order chi connectivity index (χ1) is 15.1. The third-order valence-electron chi connectivity index (χ3n) is 5.17. The summed E-state index contributed by atoms with van der Waals surface area (Å²) in [4.78, 5) is 16.2. The molecule has 1 amide bonds. The van der Waals surface area contributed by atoms with E-state index in [0.29, 0.717) is 18.5 Å². The van der Waals surface area contributed by atoms with E-state index in [1.807, 2.05) is 48.5 Å². The van der Waals surface area contributed by atoms with Gasteiger partial charge in [0.1, 0.15) is 12.4 Å². The summed E-state index contributed by atoms with van der Waals surface area (Å²) in [5.41, 5.74) is 2.16. The topological polar surface area (TPSA) is 63.2 Å². The van der Waals surface area contributed by atoms with Crippen molar-refractivity contribution in [2.75, 3.05) is 6.54 Å². The van der Waals surface area contributed by atoms with Crippen LogP contribution in [-0.4, -0.2) is 23.5 Å². The van der Waals surface area contributed by atoms with Crippen LogP contribution in [0.5, 0.6) is 5.75 Å². The molecule has 2 atom stereocenters. The van der Waals surface area contributed by atoms with E-state index in [1.165, 1.54) is 6.07 Å². The van der Waals surface area contributed by atoms with Gasteiger partial charge in [-0.15, -0.1) is 0 Å². The Hall–Kier alpha value is -3.32. The molecule has 1 fully saturated rings. The molecule has 0 spiro atoms. The van der Waals surface area contributed by atoms with Gasteiger partial charge >= 0.3 is 0 Å². The maximum atomic E-state index is 14.4. The Kier molecular flexibility index (Phi) is 6.52. The molecule has 0 bridgehead atoms. The minimum atomic E-state index is -0.718. The Balaban J connectivity index is 1.33. The summed E-state index contributed by atoms with van der Waals surface area (Å²) in [6.07, 6.45) is 2.35. The van der Waals surface area contributed by atoms with Gasteiger partial charge < -0.3 is 15.4 Å². The lowest BCUT2D eigenvalue weighted by Gasteiger charge is -2.13. The zero-order chi connectivity index (χ0) is 21.6. The number of hydrogen-bond acceptors (Lipinski definition) is 4. The molecule has 3 aromatic rings. The predicted octanol–water partition coefficient (Wildman–Crippen LogP) is 3.70. The van der Waals surface area contributed by atoms with E-state index < -0.39 is 11.6 Å². The van der Waals surface area contributed by atoms with Crippen molar-refractivity contribution in [3.63, 3.8) is 0 Å². The van der Waals surface area contributed by atoms with Crippen molar-refractivity contribution in [2.24, 2.45) is 0 Å². The van der Waals surface area contributed by atoms with E-state index in [0.717, 1.165) is 17.3 Å². The van der Waals surface area contributed by atoms with E-state index in [9.17, 15) is 13.6 Å². The van der Waals surface area contributed by atoms with Crippen LogP contribution in [0.4, 0.5) is 8.78 Å². The van der Waals surface area contributed by atoms with Crippen molar-refractivity contribution >= 4 is 5.91 Å². The van der Waals surface area contributed by atoms with Crippen LogP contribution >= 0.6 is 0 Å². The molecule has 2 N–H and O–H groups in total. The Morgan fingerprint density at radius 1 is 1.10 bits per heavy atom. The lowest BCUT2D eigenvalue weighted by Crippen LogP contribution is -2.35. The monoisotopic (exact) mass is 423 g/mol. The number of nitrogens with zero attached hydrogens (tertiary/aromatic N) is 1. The second kappa shape index (κ2) is 9.66. The second-order valence-corrected chi connectivity index (χ2v) is 7.51. The van der Waals surface area contributed by atoms with Crippen molar-refractivity contribution < 1.29 is 18.3 Å². The summed E-state index contributed by atoms with van der Waals surface area (Å²) in [6, 6.07) is 17.0. The van der Waals surface area contributed by atoms with Gasteiger partial charge in [-0.05, 0) is 30.2 Å². The Labute approximate surface area is 179 Å². The highest BCUT2D eigenvalue weighted by Crippen LogP contribution is 2.46. The minimum absolute atomic E-state index is 0.0409. The molecule has 0 radical (unpaired) electrons. The molecular formula is C24H23F2N3O2. The number of carbonyl (C=O) groups excluding carboxylic acids is 1. The number of pyridine rings is 1. The SMILES string of the molecule is O=C(CN[C@@H]1C[C@H]1c1cc(F)cc(F)c1OCc1ccccc1)NCc1ccccn1. The van der Waals surface area contributed by atoms with Gasteiger partial charge in [-0.2, -0.15) is 0 Å². The first-order valence-electron chi connectivity index (χ1n) is 10.2. The van der Waals surface area contributed by atoms with Crippen LogP contribution in [0.3, 0.4) is 0 Å². The molecule has 1 heterocycles. The highest BCUT2D eigenvalue weighted by Gasteiger charge is 2.41. The third kappa shape index (κ3) is 5.64. The normalized spacial score (nSPS) is 17.2. The standard InChI is InChI=1S/C24H23F2N3O2/c25-17-10-20(24(21(26)11-17)31-15-16-6-2-1-3-7-16)19-12-22(19)28-14-23(30)29-13-18-8-4-5-9-27-18/h1-11,19,22,28H,12-15H2,(H,29,30)/t19-,22+/m0/s1. The molecule has 4 rings (SSSR count). The molecule has 31 heavy (non-hydrogen) atoms. The van der Waals surface area contributed by atoms with Gasteiger partial charge in [0, 0.05) is 29.8 Å². The molecule has 1 aliphatic carbocycles. The smallest absolute Gasteiger partial charge is 0.234 e. The van der Waals surface area contributed by atoms with Gasteiger partial charge in [-0.3, -0.25) is 9.78 Å². The van der Waals surface area contributed by atoms with Gasteiger partial charge in [0.25, 0.3) is 0 Å². The van der Waals surface area contributed by atoms with Gasteiger partial charge in [-0.25, -0.2) is 8.78 Å². The van der Waals surface area contributed by atoms with Crippen LogP contribution in [0, 0.1) is 11.6 Å². The van der Waals surface area contributed by atoms with Crippen LogP contribution in [0.1, 0.15) is 29.2 Å². The zero-order valence-corrected chi connectivity index (χ0v) is 16.9.